The van der Waals surface area contributed by atoms with Crippen molar-refractivity contribution in [3.8, 4) is 0 Å². The lowest BCUT2D eigenvalue weighted by Crippen LogP contribution is -2.65. The second kappa shape index (κ2) is 6.57. The number of ether oxygens (including phenoxy) is 2. The Bertz CT molecular complexity index is 489. The van der Waals surface area contributed by atoms with E-state index in [9.17, 15) is 35.5 Å². The first kappa shape index (κ1) is 20.2. The van der Waals surface area contributed by atoms with Crippen molar-refractivity contribution in [3.05, 3.63) is 0 Å². The predicted molar refractivity (Wildman–Crippen MR) is 70.7 cm³/mol. The van der Waals surface area contributed by atoms with E-state index in [1.54, 1.807) is 4.90 Å². The molecule has 25 heavy (non-hydrogen) atoms. The molecule has 0 aromatic carbocycles. The van der Waals surface area contributed by atoms with E-state index < -0.39 is 48.4 Å². The van der Waals surface area contributed by atoms with Gasteiger partial charge in [0.2, 0.25) is 5.67 Å². The third kappa shape index (κ3) is 3.86. The van der Waals surface area contributed by atoms with Crippen LogP contribution >= 0.6 is 0 Å². The van der Waals surface area contributed by atoms with Crippen LogP contribution in [0.2, 0.25) is 0 Å². The molecule has 0 aromatic rings. The molecule has 4 nitrogen and oxygen atoms in total. The first-order valence-electron chi connectivity index (χ1n) is 7.64. The molecule has 0 spiro atoms. The quantitative estimate of drug-likeness (QED) is 0.555. The molecule has 2 rings (SSSR count). The van der Waals surface area contributed by atoms with Gasteiger partial charge in [-0.05, 0) is 6.92 Å². The van der Waals surface area contributed by atoms with Crippen LogP contribution in [0.25, 0.3) is 0 Å². The fourth-order valence-corrected chi connectivity index (χ4v) is 2.87. The molecule has 0 bridgehead atoms. The van der Waals surface area contributed by atoms with Crippen molar-refractivity contribution >= 4 is 5.97 Å². The average molecular weight is 381 g/mol. The molecule has 1 aliphatic carbocycles. The van der Waals surface area contributed by atoms with Gasteiger partial charge in [-0.1, -0.05) is 0 Å². The van der Waals surface area contributed by atoms with Gasteiger partial charge >= 0.3 is 23.7 Å². The van der Waals surface area contributed by atoms with Crippen molar-refractivity contribution in [1.82, 2.24) is 4.90 Å². The predicted octanol–water partition coefficient (Wildman–Crippen LogP) is 2.66. The number of morpholine rings is 1. The largest absolute Gasteiger partial charge is 0.459 e. The molecular formula is C14H18F7NO3. The van der Waals surface area contributed by atoms with Crippen molar-refractivity contribution in [2.75, 3.05) is 32.8 Å². The number of carbonyl (C=O) groups excluding carboxylic acids is 1. The molecule has 11 heteroatoms. The van der Waals surface area contributed by atoms with Crippen molar-refractivity contribution in [3.63, 3.8) is 0 Å². The minimum absolute atomic E-state index is 0.105. The summed E-state index contributed by atoms with van der Waals surface area (Å²) < 4.78 is 104. The van der Waals surface area contributed by atoms with E-state index in [2.05, 4.69) is 4.74 Å². The van der Waals surface area contributed by atoms with Crippen LogP contribution in [0.5, 0.6) is 0 Å². The Kier molecular flexibility index (Phi) is 5.31. The summed E-state index contributed by atoms with van der Waals surface area (Å²) in [7, 11) is 0. The first-order chi connectivity index (χ1) is 11.3. The zero-order valence-corrected chi connectivity index (χ0v) is 13.3. The summed E-state index contributed by atoms with van der Waals surface area (Å²) >= 11 is 0. The van der Waals surface area contributed by atoms with Crippen molar-refractivity contribution in [2.45, 2.75) is 49.3 Å². The van der Waals surface area contributed by atoms with E-state index in [-0.39, 0.29) is 6.54 Å². The van der Waals surface area contributed by atoms with E-state index in [1.807, 2.05) is 0 Å². The maximum absolute atomic E-state index is 14.4. The maximum Gasteiger partial charge on any atom is 0.372 e. The Morgan fingerprint density at radius 1 is 1.04 bits per heavy atom. The van der Waals surface area contributed by atoms with Gasteiger partial charge in [-0.15, -0.1) is 0 Å². The van der Waals surface area contributed by atoms with Crippen LogP contribution in [-0.2, 0) is 14.3 Å². The van der Waals surface area contributed by atoms with Crippen LogP contribution in [0, 0.1) is 0 Å². The van der Waals surface area contributed by atoms with Crippen LogP contribution < -0.4 is 0 Å². The molecular weight excluding hydrogens is 363 g/mol. The molecule has 2 fully saturated rings. The molecule has 1 atom stereocenters. The zero-order chi connectivity index (χ0) is 19.1. The minimum atomic E-state index is -5.74. The average Bonchev–Trinajstić information content (AvgIpc) is 2.45. The topological polar surface area (TPSA) is 38.8 Å². The molecule has 146 valence electrons. The van der Waals surface area contributed by atoms with Crippen LogP contribution in [0.3, 0.4) is 0 Å². The summed E-state index contributed by atoms with van der Waals surface area (Å²) in [6.45, 7) is 3.25. The van der Waals surface area contributed by atoms with E-state index in [0.29, 0.717) is 26.3 Å². The van der Waals surface area contributed by atoms with Crippen LogP contribution in [-0.4, -0.2) is 73.3 Å². The summed E-state index contributed by atoms with van der Waals surface area (Å²) in [4.78, 5) is 13.6. The van der Waals surface area contributed by atoms with Crippen LogP contribution in [0.4, 0.5) is 30.7 Å². The highest BCUT2D eigenvalue weighted by Gasteiger charge is 2.79. The van der Waals surface area contributed by atoms with E-state index in [0.717, 1.165) is 0 Å². The SMILES string of the molecule is CC(CN1CCOCC1)OC(=O)C1(F)CC(F)(F)C(F)(F)C(F)(F)C1. The van der Waals surface area contributed by atoms with Gasteiger partial charge in [0, 0.05) is 19.6 Å². The highest BCUT2D eigenvalue weighted by atomic mass is 19.3. The number of rotatable bonds is 4. The number of carbonyl (C=O) groups is 1. The monoisotopic (exact) mass is 381 g/mol. The summed E-state index contributed by atoms with van der Waals surface area (Å²) in [6.07, 6.45) is -5.71. The van der Waals surface area contributed by atoms with E-state index in [1.165, 1.54) is 6.92 Å². The Labute approximate surface area is 139 Å². The maximum atomic E-state index is 14.4. The Morgan fingerprint density at radius 2 is 1.52 bits per heavy atom. The highest BCUT2D eigenvalue weighted by molar-refractivity contribution is 5.80. The molecule has 1 saturated heterocycles. The van der Waals surface area contributed by atoms with Gasteiger partial charge in [-0.2, -0.15) is 26.3 Å². The number of esters is 1. The second-order valence-electron chi connectivity index (χ2n) is 6.43. The van der Waals surface area contributed by atoms with Gasteiger partial charge in [-0.25, -0.2) is 9.18 Å². The van der Waals surface area contributed by atoms with Gasteiger partial charge in [0.05, 0.1) is 26.1 Å². The number of hydrogen-bond donors (Lipinski definition) is 0. The molecule has 1 unspecified atom stereocenters. The van der Waals surface area contributed by atoms with E-state index in [4.69, 9.17) is 4.74 Å². The standard InChI is InChI=1S/C14H18F7NO3/c1-9(6-22-2-4-24-5-3-22)25-10(23)11(15)7-12(16,17)14(20,21)13(18,19)8-11/h9H,2-8H2,1H3. The molecule has 0 radical (unpaired) electrons. The number of halogens is 7. The molecule has 1 aliphatic heterocycles. The van der Waals surface area contributed by atoms with Crippen molar-refractivity contribution in [1.29, 1.82) is 0 Å². The fourth-order valence-electron chi connectivity index (χ4n) is 2.87. The molecule has 0 amide bonds. The Balaban J connectivity index is 2.04. The number of hydrogen-bond acceptors (Lipinski definition) is 4. The summed E-state index contributed by atoms with van der Waals surface area (Å²) in [6, 6.07) is 0. The van der Waals surface area contributed by atoms with Crippen LogP contribution in [0.15, 0.2) is 0 Å². The molecule has 0 N–H and O–H groups in total. The lowest BCUT2D eigenvalue weighted by atomic mass is 9.78. The lowest BCUT2D eigenvalue weighted by Gasteiger charge is -2.42. The minimum Gasteiger partial charge on any atom is -0.459 e. The summed E-state index contributed by atoms with van der Waals surface area (Å²) in [5.41, 5.74) is -3.89. The van der Waals surface area contributed by atoms with Gasteiger partial charge in [-0.3, -0.25) is 4.90 Å². The Hall–Kier alpha value is -1.10. The molecule has 2 aliphatic rings. The summed E-state index contributed by atoms with van der Waals surface area (Å²) in [5, 5.41) is 0. The normalized spacial score (nSPS) is 29.0. The number of alkyl halides is 7. The second-order valence-corrected chi connectivity index (χ2v) is 6.43. The van der Waals surface area contributed by atoms with Gasteiger partial charge in [0.25, 0.3) is 0 Å². The smallest absolute Gasteiger partial charge is 0.372 e. The third-order valence-corrected chi connectivity index (χ3v) is 4.22. The third-order valence-electron chi connectivity index (χ3n) is 4.22. The highest BCUT2D eigenvalue weighted by Crippen LogP contribution is 2.57. The van der Waals surface area contributed by atoms with Gasteiger partial charge < -0.3 is 9.47 Å². The summed E-state index contributed by atoms with van der Waals surface area (Å²) in [5.74, 6) is -18.5. The van der Waals surface area contributed by atoms with Gasteiger partial charge in [0.1, 0.15) is 6.10 Å². The van der Waals surface area contributed by atoms with E-state index >= 15 is 0 Å². The van der Waals surface area contributed by atoms with Crippen molar-refractivity contribution in [2.24, 2.45) is 0 Å². The molecule has 1 saturated carbocycles. The molecule has 1 heterocycles. The van der Waals surface area contributed by atoms with Gasteiger partial charge in [0.15, 0.2) is 0 Å². The van der Waals surface area contributed by atoms with Crippen molar-refractivity contribution < 1.29 is 45.0 Å². The van der Waals surface area contributed by atoms with Crippen LogP contribution in [0.1, 0.15) is 19.8 Å². The lowest BCUT2D eigenvalue weighted by molar-refractivity contribution is -0.347. The molecule has 0 aromatic heterocycles. The zero-order valence-electron chi connectivity index (χ0n) is 13.3. The first-order valence-corrected chi connectivity index (χ1v) is 7.64. The Morgan fingerprint density at radius 3 is 2.00 bits per heavy atom. The number of nitrogens with zero attached hydrogens (tertiary/aromatic N) is 1. The fraction of sp³-hybridized carbons (Fsp3) is 0.929.